The van der Waals surface area contributed by atoms with Crippen molar-refractivity contribution < 1.29 is 18.3 Å². The molecule has 174 valence electrons. The fraction of sp³-hybridized carbons (Fsp3) is 0.103. The molecule has 0 radical (unpaired) electrons. The molecule has 3 nitrogen and oxygen atoms in total. The van der Waals surface area contributed by atoms with E-state index in [-0.39, 0.29) is 0 Å². The molecule has 6 heteroatoms. The second kappa shape index (κ2) is 9.28. The first kappa shape index (κ1) is 22.7. The van der Waals surface area contributed by atoms with Gasteiger partial charge in [-0.3, -0.25) is 0 Å². The Hall–Kier alpha value is -4.08. The summed E-state index contributed by atoms with van der Waals surface area (Å²) in [5, 5.41) is 4.86. The van der Waals surface area contributed by atoms with Crippen LogP contribution in [0.3, 0.4) is 0 Å². The molecule has 0 fully saturated rings. The van der Waals surface area contributed by atoms with Crippen LogP contribution in [-0.4, -0.2) is 18.8 Å². The highest BCUT2D eigenvalue weighted by Gasteiger charge is 2.18. The van der Waals surface area contributed by atoms with Crippen LogP contribution in [0.1, 0.15) is 11.1 Å². The number of ether oxygens (including phenoxy) is 2. The lowest BCUT2D eigenvalue weighted by molar-refractivity contribution is 0.394. The van der Waals surface area contributed by atoms with Gasteiger partial charge in [0.05, 0.1) is 25.5 Å². The van der Waals surface area contributed by atoms with Gasteiger partial charge in [-0.15, -0.1) is 0 Å². The average Bonchev–Trinajstić information content (AvgIpc) is 3.47. The zero-order valence-electron chi connectivity index (χ0n) is 19.4. The molecule has 0 N–H and O–H groups in total. The Bertz CT molecular complexity index is 1570. The number of hydrogen-bond donors (Lipinski definition) is 0. The molecule has 0 spiro atoms. The molecule has 5 aromatic rings. The van der Waals surface area contributed by atoms with Crippen LogP contribution in [0.5, 0.6) is 11.5 Å². The molecular formula is C29H21F2NO2S. The van der Waals surface area contributed by atoms with Gasteiger partial charge in [-0.2, -0.15) is 11.3 Å². The molecule has 0 aliphatic heterocycles. The Kier molecular flexibility index (Phi) is 6.02. The molecule has 35 heavy (non-hydrogen) atoms. The SMILES string of the molecule is COc1cc(OC)cc(-c2c(C#Cc3ccsc3)c3cc(-c4cc(F)cc(F)c4)ccc3n2C)c1. The van der Waals surface area contributed by atoms with Crippen LogP contribution in [0.25, 0.3) is 33.3 Å². The Morgan fingerprint density at radius 2 is 1.49 bits per heavy atom. The van der Waals surface area contributed by atoms with Crippen molar-refractivity contribution in [1.82, 2.24) is 4.57 Å². The first-order valence-corrected chi connectivity index (χ1v) is 11.8. The molecule has 0 saturated heterocycles. The van der Waals surface area contributed by atoms with E-state index < -0.39 is 11.6 Å². The third kappa shape index (κ3) is 4.39. The number of nitrogens with zero attached hydrogens (tertiary/aromatic N) is 1. The van der Waals surface area contributed by atoms with Crippen molar-refractivity contribution in [2.45, 2.75) is 0 Å². The van der Waals surface area contributed by atoms with Gasteiger partial charge in [0.25, 0.3) is 0 Å². The van der Waals surface area contributed by atoms with Crippen LogP contribution in [0.2, 0.25) is 0 Å². The van der Waals surface area contributed by atoms with E-state index in [0.29, 0.717) is 22.6 Å². The predicted molar refractivity (Wildman–Crippen MR) is 137 cm³/mol. The third-order valence-corrected chi connectivity index (χ3v) is 6.56. The van der Waals surface area contributed by atoms with Gasteiger partial charge >= 0.3 is 0 Å². The van der Waals surface area contributed by atoms with Crippen LogP contribution in [-0.2, 0) is 7.05 Å². The van der Waals surface area contributed by atoms with E-state index in [1.807, 2.05) is 60.3 Å². The number of fused-ring (bicyclic) bond motifs is 1. The standard InChI is InChI=1S/C29H21F2NO2S/c1-32-28-7-5-19(20-10-22(30)15-23(31)11-20)14-27(28)26(6-4-18-8-9-35-17-18)29(32)21-12-24(33-2)16-25(13-21)34-3/h5,7-17H,1-3H3. The summed E-state index contributed by atoms with van der Waals surface area (Å²) in [4.78, 5) is 0. The van der Waals surface area contributed by atoms with E-state index in [4.69, 9.17) is 9.47 Å². The monoisotopic (exact) mass is 485 g/mol. The van der Waals surface area contributed by atoms with Crippen LogP contribution >= 0.6 is 11.3 Å². The molecule has 0 atom stereocenters. The molecule has 0 saturated carbocycles. The first-order chi connectivity index (χ1) is 17.0. The fourth-order valence-electron chi connectivity index (χ4n) is 4.22. The summed E-state index contributed by atoms with van der Waals surface area (Å²) in [7, 11) is 5.20. The Balaban J connectivity index is 1.79. The summed E-state index contributed by atoms with van der Waals surface area (Å²) < 4.78 is 40.9. The molecule has 2 aromatic heterocycles. The molecule has 3 aromatic carbocycles. The lowest BCUT2D eigenvalue weighted by atomic mass is 10.00. The van der Waals surface area contributed by atoms with Crippen LogP contribution in [0, 0.1) is 23.5 Å². The van der Waals surface area contributed by atoms with Crippen molar-refractivity contribution in [2.24, 2.45) is 7.05 Å². The van der Waals surface area contributed by atoms with Crippen LogP contribution < -0.4 is 9.47 Å². The topological polar surface area (TPSA) is 23.4 Å². The van der Waals surface area contributed by atoms with Gasteiger partial charge in [-0.25, -0.2) is 8.78 Å². The molecule has 0 bridgehead atoms. The molecule has 0 aliphatic carbocycles. The van der Waals surface area contributed by atoms with Gasteiger partial charge < -0.3 is 14.0 Å². The molecule has 0 aliphatic rings. The fourth-order valence-corrected chi connectivity index (χ4v) is 4.81. The van der Waals surface area contributed by atoms with Crippen LogP contribution in [0.4, 0.5) is 8.78 Å². The number of aromatic nitrogens is 1. The van der Waals surface area contributed by atoms with Gasteiger partial charge in [0.15, 0.2) is 0 Å². The van der Waals surface area contributed by atoms with Gasteiger partial charge in [-0.05, 0) is 59.0 Å². The van der Waals surface area contributed by atoms with Gasteiger partial charge in [0.1, 0.15) is 23.1 Å². The normalized spacial score (nSPS) is 10.8. The minimum absolute atomic E-state index is 0.467. The number of rotatable bonds is 4. The van der Waals surface area contributed by atoms with E-state index in [0.717, 1.165) is 39.4 Å². The maximum atomic E-state index is 13.9. The quantitative estimate of drug-likeness (QED) is 0.250. The highest BCUT2D eigenvalue weighted by atomic mass is 32.1. The Morgan fingerprint density at radius 3 is 2.11 bits per heavy atom. The van der Waals surface area contributed by atoms with Gasteiger partial charge in [0.2, 0.25) is 0 Å². The van der Waals surface area contributed by atoms with Crippen molar-refractivity contribution >= 4 is 22.2 Å². The van der Waals surface area contributed by atoms with Crippen molar-refractivity contribution in [2.75, 3.05) is 14.2 Å². The summed E-state index contributed by atoms with van der Waals surface area (Å²) in [5.41, 5.74) is 5.61. The van der Waals surface area contributed by atoms with Crippen molar-refractivity contribution in [3.8, 4) is 45.7 Å². The Labute approximate surface area is 206 Å². The highest BCUT2D eigenvalue weighted by Crippen LogP contribution is 2.38. The number of benzene rings is 3. The zero-order chi connectivity index (χ0) is 24.5. The van der Waals surface area contributed by atoms with E-state index in [9.17, 15) is 8.78 Å². The van der Waals surface area contributed by atoms with E-state index >= 15 is 0 Å². The number of thiophene rings is 1. The van der Waals surface area contributed by atoms with Crippen molar-refractivity contribution in [3.63, 3.8) is 0 Å². The number of hydrogen-bond acceptors (Lipinski definition) is 3. The highest BCUT2D eigenvalue weighted by molar-refractivity contribution is 7.08. The molecular weight excluding hydrogens is 464 g/mol. The summed E-state index contributed by atoms with van der Waals surface area (Å²) in [6, 6.07) is 16.9. The lowest BCUT2D eigenvalue weighted by Crippen LogP contribution is -1.95. The van der Waals surface area contributed by atoms with E-state index in [2.05, 4.69) is 16.4 Å². The second-order valence-corrected chi connectivity index (χ2v) is 8.82. The maximum absolute atomic E-state index is 13.9. The smallest absolute Gasteiger partial charge is 0.126 e. The predicted octanol–water partition coefficient (Wildman–Crippen LogP) is 7.27. The number of methoxy groups -OCH3 is 2. The molecule has 0 unspecified atom stereocenters. The second-order valence-electron chi connectivity index (χ2n) is 8.04. The van der Waals surface area contributed by atoms with E-state index in [1.54, 1.807) is 25.6 Å². The summed E-state index contributed by atoms with van der Waals surface area (Å²) in [6.07, 6.45) is 0. The molecule has 5 rings (SSSR count). The molecule has 2 heterocycles. The zero-order valence-corrected chi connectivity index (χ0v) is 20.2. The van der Waals surface area contributed by atoms with Crippen molar-refractivity contribution in [1.29, 1.82) is 0 Å². The third-order valence-electron chi connectivity index (χ3n) is 5.87. The largest absolute Gasteiger partial charge is 0.497 e. The van der Waals surface area contributed by atoms with Gasteiger partial charge in [0, 0.05) is 46.6 Å². The summed E-state index contributed by atoms with van der Waals surface area (Å²) in [5.74, 6) is 6.71. The number of aryl methyl sites for hydroxylation is 1. The Morgan fingerprint density at radius 1 is 0.771 bits per heavy atom. The van der Waals surface area contributed by atoms with Crippen LogP contribution in [0.15, 0.2) is 71.4 Å². The van der Waals surface area contributed by atoms with E-state index in [1.165, 1.54) is 12.1 Å². The molecule has 0 amide bonds. The number of halogens is 2. The minimum Gasteiger partial charge on any atom is -0.497 e. The lowest BCUT2D eigenvalue weighted by Gasteiger charge is -2.10. The van der Waals surface area contributed by atoms with Gasteiger partial charge in [-0.1, -0.05) is 17.9 Å². The van der Waals surface area contributed by atoms with Crippen molar-refractivity contribution in [3.05, 3.63) is 94.2 Å². The maximum Gasteiger partial charge on any atom is 0.126 e. The minimum atomic E-state index is -0.616. The average molecular weight is 486 g/mol. The summed E-state index contributed by atoms with van der Waals surface area (Å²) >= 11 is 1.58. The summed E-state index contributed by atoms with van der Waals surface area (Å²) in [6.45, 7) is 0. The first-order valence-electron chi connectivity index (χ1n) is 10.8.